The molecule has 1 heterocycles. The molecule has 0 aromatic carbocycles. The van der Waals surface area contributed by atoms with E-state index in [1.165, 1.54) is 5.69 Å². The standard InChI is InChI=1S/C13H24BrN3O/c1-4-6-17-13(12(14)10-16-17)8-11(2)9-15-5-7-18-3/h10-11,15H,4-9H2,1-3H3. The zero-order valence-corrected chi connectivity index (χ0v) is 13.2. The summed E-state index contributed by atoms with van der Waals surface area (Å²) in [6.07, 6.45) is 4.05. The monoisotopic (exact) mass is 317 g/mol. The van der Waals surface area contributed by atoms with Crippen LogP contribution in [0.25, 0.3) is 0 Å². The molecule has 0 fully saturated rings. The molecule has 1 aromatic rings. The van der Waals surface area contributed by atoms with Gasteiger partial charge in [-0.15, -0.1) is 0 Å². The van der Waals surface area contributed by atoms with Crippen LogP contribution in [0.3, 0.4) is 0 Å². The molecular weight excluding hydrogens is 294 g/mol. The van der Waals surface area contributed by atoms with Gasteiger partial charge in [0.15, 0.2) is 0 Å². The number of halogens is 1. The van der Waals surface area contributed by atoms with E-state index >= 15 is 0 Å². The normalized spacial score (nSPS) is 12.9. The van der Waals surface area contributed by atoms with E-state index in [-0.39, 0.29) is 0 Å². The van der Waals surface area contributed by atoms with Gasteiger partial charge < -0.3 is 10.1 Å². The van der Waals surface area contributed by atoms with Gasteiger partial charge in [-0.25, -0.2) is 0 Å². The number of methoxy groups -OCH3 is 1. The van der Waals surface area contributed by atoms with Crippen molar-refractivity contribution in [2.45, 2.75) is 33.2 Å². The number of aromatic nitrogens is 2. The fraction of sp³-hybridized carbons (Fsp3) is 0.769. The minimum atomic E-state index is 0.588. The topological polar surface area (TPSA) is 39.1 Å². The average Bonchev–Trinajstić information content (AvgIpc) is 2.68. The highest BCUT2D eigenvalue weighted by Crippen LogP contribution is 2.19. The van der Waals surface area contributed by atoms with Crippen LogP contribution in [0.15, 0.2) is 10.7 Å². The first-order valence-electron chi connectivity index (χ1n) is 6.58. The van der Waals surface area contributed by atoms with Gasteiger partial charge in [-0.1, -0.05) is 13.8 Å². The fourth-order valence-electron chi connectivity index (χ4n) is 1.92. The van der Waals surface area contributed by atoms with E-state index in [2.05, 4.69) is 44.9 Å². The molecule has 1 aromatic heterocycles. The smallest absolute Gasteiger partial charge is 0.0635 e. The Morgan fingerprint density at radius 2 is 2.33 bits per heavy atom. The maximum Gasteiger partial charge on any atom is 0.0635 e. The molecule has 18 heavy (non-hydrogen) atoms. The molecule has 1 atom stereocenters. The van der Waals surface area contributed by atoms with Crippen molar-refractivity contribution in [1.82, 2.24) is 15.1 Å². The summed E-state index contributed by atoms with van der Waals surface area (Å²) in [7, 11) is 1.73. The maximum absolute atomic E-state index is 5.02. The van der Waals surface area contributed by atoms with Crippen molar-refractivity contribution >= 4 is 15.9 Å². The van der Waals surface area contributed by atoms with Crippen LogP contribution in [0.1, 0.15) is 26.0 Å². The van der Waals surface area contributed by atoms with Gasteiger partial charge in [-0.3, -0.25) is 4.68 Å². The van der Waals surface area contributed by atoms with Crippen LogP contribution >= 0.6 is 15.9 Å². The van der Waals surface area contributed by atoms with Crippen molar-refractivity contribution in [3.05, 3.63) is 16.4 Å². The largest absolute Gasteiger partial charge is 0.383 e. The zero-order chi connectivity index (χ0) is 13.4. The summed E-state index contributed by atoms with van der Waals surface area (Å²) < 4.78 is 8.25. The fourth-order valence-corrected chi connectivity index (χ4v) is 2.38. The van der Waals surface area contributed by atoms with Crippen LogP contribution < -0.4 is 5.32 Å². The van der Waals surface area contributed by atoms with Gasteiger partial charge in [0.2, 0.25) is 0 Å². The van der Waals surface area contributed by atoms with E-state index in [1.807, 2.05) is 6.20 Å². The number of hydrogen-bond donors (Lipinski definition) is 1. The van der Waals surface area contributed by atoms with Gasteiger partial charge in [0, 0.05) is 20.2 Å². The number of nitrogens with zero attached hydrogens (tertiary/aromatic N) is 2. The summed E-state index contributed by atoms with van der Waals surface area (Å²) in [5, 5.41) is 7.80. The Bertz CT molecular complexity index is 341. The molecule has 4 nitrogen and oxygen atoms in total. The molecule has 1 N–H and O–H groups in total. The predicted molar refractivity (Wildman–Crippen MR) is 77.8 cm³/mol. The summed E-state index contributed by atoms with van der Waals surface area (Å²) in [6.45, 7) is 8.11. The highest BCUT2D eigenvalue weighted by molar-refractivity contribution is 9.10. The van der Waals surface area contributed by atoms with Crippen LogP contribution in [-0.2, 0) is 17.7 Å². The molecule has 0 spiro atoms. The van der Waals surface area contributed by atoms with Gasteiger partial charge in [0.05, 0.1) is 23.0 Å². The van der Waals surface area contributed by atoms with E-state index in [0.29, 0.717) is 5.92 Å². The van der Waals surface area contributed by atoms with Gasteiger partial charge in [0.1, 0.15) is 0 Å². The minimum Gasteiger partial charge on any atom is -0.383 e. The molecule has 0 radical (unpaired) electrons. The van der Waals surface area contributed by atoms with Crippen LogP contribution in [0.2, 0.25) is 0 Å². The molecule has 5 heteroatoms. The van der Waals surface area contributed by atoms with E-state index in [9.17, 15) is 0 Å². The third-order valence-corrected chi connectivity index (χ3v) is 3.51. The molecule has 0 aliphatic heterocycles. The Balaban J connectivity index is 2.42. The molecule has 0 saturated carbocycles. The Labute approximate surface area is 118 Å². The third kappa shape index (κ3) is 5.08. The summed E-state index contributed by atoms with van der Waals surface area (Å²) in [5.74, 6) is 0.588. The van der Waals surface area contributed by atoms with E-state index in [4.69, 9.17) is 4.74 Å². The SMILES string of the molecule is CCCn1ncc(Br)c1CC(C)CNCCOC. The van der Waals surface area contributed by atoms with Crippen LogP contribution in [0, 0.1) is 5.92 Å². The van der Waals surface area contributed by atoms with Crippen molar-refractivity contribution in [2.24, 2.45) is 5.92 Å². The third-order valence-electron chi connectivity index (χ3n) is 2.85. The first-order chi connectivity index (χ1) is 8.69. The lowest BCUT2D eigenvalue weighted by molar-refractivity contribution is 0.198. The predicted octanol–water partition coefficient (Wildman–Crippen LogP) is 2.47. The molecule has 0 bridgehead atoms. The van der Waals surface area contributed by atoms with Gasteiger partial charge in [0.25, 0.3) is 0 Å². The Morgan fingerprint density at radius 1 is 1.56 bits per heavy atom. The zero-order valence-electron chi connectivity index (χ0n) is 11.6. The molecule has 0 amide bonds. The van der Waals surface area contributed by atoms with E-state index < -0.39 is 0 Å². The molecule has 0 saturated heterocycles. The van der Waals surface area contributed by atoms with Gasteiger partial charge in [-0.05, 0) is 41.2 Å². The highest BCUT2D eigenvalue weighted by Gasteiger charge is 2.12. The lowest BCUT2D eigenvalue weighted by atomic mass is 10.1. The number of aryl methyl sites for hydroxylation is 1. The molecule has 1 unspecified atom stereocenters. The van der Waals surface area contributed by atoms with Crippen molar-refractivity contribution in [3.8, 4) is 0 Å². The molecular formula is C13H24BrN3O. The van der Waals surface area contributed by atoms with E-state index in [0.717, 1.165) is 43.6 Å². The first kappa shape index (κ1) is 15.7. The van der Waals surface area contributed by atoms with Crippen molar-refractivity contribution < 1.29 is 4.74 Å². The lowest BCUT2D eigenvalue weighted by Gasteiger charge is -2.14. The number of hydrogen-bond acceptors (Lipinski definition) is 3. The van der Waals surface area contributed by atoms with Crippen LogP contribution in [-0.4, -0.2) is 36.6 Å². The molecule has 0 aliphatic rings. The minimum absolute atomic E-state index is 0.588. The van der Waals surface area contributed by atoms with Crippen LogP contribution in [0.4, 0.5) is 0 Å². The van der Waals surface area contributed by atoms with Crippen molar-refractivity contribution in [2.75, 3.05) is 26.8 Å². The van der Waals surface area contributed by atoms with E-state index in [1.54, 1.807) is 7.11 Å². The Hall–Kier alpha value is -0.390. The van der Waals surface area contributed by atoms with Crippen molar-refractivity contribution in [3.63, 3.8) is 0 Å². The highest BCUT2D eigenvalue weighted by atomic mass is 79.9. The second-order valence-corrected chi connectivity index (χ2v) is 5.52. The molecule has 104 valence electrons. The number of rotatable bonds is 9. The van der Waals surface area contributed by atoms with Crippen LogP contribution in [0.5, 0.6) is 0 Å². The molecule has 0 aliphatic carbocycles. The first-order valence-corrected chi connectivity index (χ1v) is 7.38. The number of ether oxygens (including phenoxy) is 1. The average molecular weight is 318 g/mol. The van der Waals surface area contributed by atoms with Crippen molar-refractivity contribution in [1.29, 1.82) is 0 Å². The summed E-state index contributed by atoms with van der Waals surface area (Å²) in [5.41, 5.74) is 1.30. The summed E-state index contributed by atoms with van der Waals surface area (Å²) in [6, 6.07) is 0. The number of nitrogens with one attached hydrogen (secondary N) is 1. The lowest BCUT2D eigenvalue weighted by Crippen LogP contribution is -2.26. The maximum atomic E-state index is 5.02. The quantitative estimate of drug-likeness (QED) is 0.711. The van der Waals surface area contributed by atoms with Gasteiger partial charge in [-0.2, -0.15) is 5.10 Å². The second-order valence-electron chi connectivity index (χ2n) is 4.67. The second kappa shape index (κ2) is 8.67. The summed E-state index contributed by atoms with van der Waals surface area (Å²) >= 11 is 3.58. The van der Waals surface area contributed by atoms with Gasteiger partial charge >= 0.3 is 0 Å². The Kier molecular flexibility index (Phi) is 7.54. The Morgan fingerprint density at radius 3 is 3.00 bits per heavy atom. The summed E-state index contributed by atoms with van der Waals surface area (Å²) in [4.78, 5) is 0. The molecule has 1 rings (SSSR count).